The zero-order valence-corrected chi connectivity index (χ0v) is 14.0. The fourth-order valence-electron chi connectivity index (χ4n) is 2.16. The summed E-state index contributed by atoms with van der Waals surface area (Å²) in [4.78, 5) is 11.7. The van der Waals surface area contributed by atoms with E-state index in [-0.39, 0.29) is 24.3 Å². The fourth-order valence-corrected chi connectivity index (χ4v) is 2.34. The van der Waals surface area contributed by atoms with Gasteiger partial charge in [-0.25, -0.2) is 4.79 Å². The van der Waals surface area contributed by atoms with Crippen LogP contribution in [0.5, 0.6) is 0 Å². The van der Waals surface area contributed by atoms with E-state index in [2.05, 4.69) is 5.32 Å². The first kappa shape index (κ1) is 18.7. The van der Waals surface area contributed by atoms with Gasteiger partial charge in [0.25, 0.3) is 0 Å². The first-order valence-corrected chi connectivity index (χ1v) is 7.89. The number of amides is 1. The highest BCUT2D eigenvalue weighted by Crippen LogP contribution is 2.23. The van der Waals surface area contributed by atoms with Gasteiger partial charge in [0.1, 0.15) is 18.8 Å². The van der Waals surface area contributed by atoms with Crippen LogP contribution in [-0.2, 0) is 11.3 Å². The Balaban J connectivity index is 1.86. The molecule has 0 radical (unpaired) electrons. The second-order valence-electron chi connectivity index (χ2n) is 5.30. The van der Waals surface area contributed by atoms with Crippen molar-refractivity contribution in [2.75, 3.05) is 6.54 Å². The minimum atomic E-state index is -1.35. The molecule has 1 amide bonds. The Morgan fingerprint density at radius 1 is 1.24 bits per heavy atom. The van der Waals surface area contributed by atoms with Crippen molar-refractivity contribution in [3.8, 4) is 6.07 Å². The molecule has 0 saturated heterocycles. The standard InChI is InChI=1S/C18H17ClN2O4/c19-14-6-7-15(13(8-14)9-20)17(23)16(22)10-21-18(24)25-11-12-4-2-1-3-5-12/h1-8,16-17,22-23H,10-11H2,(H,21,24). The predicted molar refractivity (Wildman–Crippen MR) is 91.8 cm³/mol. The first-order valence-electron chi connectivity index (χ1n) is 7.51. The van der Waals surface area contributed by atoms with Crippen molar-refractivity contribution < 1.29 is 19.7 Å². The highest BCUT2D eigenvalue weighted by atomic mass is 35.5. The van der Waals surface area contributed by atoms with Crippen molar-refractivity contribution in [2.45, 2.75) is 18.8 Å². The maximum Gasteiger partial charge on any atom is 0.407 e. The number of ether oxygens (including phenoxy) is 1. The molecule has 0 saturated carbocycles. The van der Waals surface area contributed by atoms with Gasteiger partial charge in [0.15, 0.2) is 0 Å². The van der Waals surface area contributed by atoms with Crippen LogP contribution in [0, 0.1) is 11.3 Å². The normalized spacial score (nSPS) is 12.7. The number of aliphatic hydroxyl groups excluding tert-OH is 2. The van der Waals surface area contributed by atoms with Crippen LogP contribution < -0.4 is 5.32 Å². The third kappa shape index (κ3) is 5.47. The maximum atomic E-state index is 11.7. The van der Waals surface area contributed by atoms with Gasteiger partial charge in [-0.1, -0.05) is 48.0 Å². The Kier molecular flexibility index (Phi) is 6.78. The van der Waals surface area contributed by atoms with Gasteiger partial charge in [-0.05, 0) is 17.7 Å². The molecule has 3 N–H and O–H groups in total. The lowest BCUT2D eigenvalue weighted by Crippen LogP contribution is -2.36. The summed E-state index contributed by atoms with van der Waals surface area (Å²) in [6, 6.07) is 15.4. The molecule has 0 aliphatic heterocycles. The molecule has 7 heteroatoms. The summed E-state index contributed by atoms with van der Waals surface area (Å²) in [6.45, 7) is -0.136. The number of halogens is 1. The molecule has 0 aromatic heterocycles. The van der Waals surface area contributed by atoms with E-state index in [1.54, 1.807) is 0 Å². The third-order valence-electron chi connectivity index (χ3n) is 3.49. The van der Waals surface area contributed by atoms with Crippen molar-refractivity contribution in [1.29, 1.82) is 5.26 Å². The van der Waals surface area contributed by atoms with Crippen molar-refractivity contribution in [2.24, 2.45) is 0 Å². The maximum absolute atomic E-state index is 11.7. The Morgan fingerprint density at radius 3 is 2.64 bits per heavy atom. The van der Waals surface area contributed by atoms with Crippen LogP contribution >= 0.6 is 11.6 Å². The fraction of sp³-hybridized carbons (Fsp3) is 0.222. The average molecular weight is 361 g/mol. The topological polar surface area (TPSA) is 103 Å². The van der Waals surface area contributed by atoms with Crippen molar-refractivity contribution in [1.82, 2.24) is 5.32 Å². The third-order valence-corrected chi connectivity index (χ3v) is 3.72. The van der Waals surface area contributed by atoms with Crippen molar-refractivity contribution >= 4 is 17.7 Å². The lowest BCUT2D eigenvalue weighted by atomic mass is 9.99. The zero-order valence-electron chi connectivity index (χ0n) is 13.2. The van der Waals surface area contributed by atoms with Gasteiger partial charge in [-0.3, -0.25) is 0 Å². The number of nitriles is 1. The summed E-state index contributed by atoms with van der Waals surface area (Å²) in [7, 11) is 0. The van der Waals surface area contributed by atoms with Crippen molar-refractivity contribution in [3.63, 3.8) is 0 Å². The van der Waals surface area contributed by atoms with E-state index in [9.17, 15) is 15.0 Å². The van der Waals surface area contributed by atoms with Gasteiger partial charge in [0.2, 0.25) is 0 Å². The molecule has 2 atom stereocenters. The van der Waals surface area contributed by atoms with E-state index in [0.29, 0.717) is 5.02 Å². The van der Waals surface area contributed by atoms with Crippen LogP contribution in [0.15, 0.2) is 48.5 Å². The predicted octanol–water partition coefficient (Wildman–Crippen LogP) is 2.53. The zero-order chi connectivity index (χ0) is 18.2. The first-order chi connectivity index (χ1) is 12.0. The van der Waals surface area contributed by atoms with Crippen LogP contribution in [0.1, 0.15) is 22.8 Å². The molecule has 2 unspecified atom stereocenters. The Hall–Kier alpha value is -2.59. The van der Waals surface area contributed by atoms with Crippen LogP contribution in [0.2, 0.25) is 5.02 Å². The van der Waals surface area contributed by atoms with E-state index >= 15 is 0 Å². The van der Waals surface area contributed by atoms with Crippen LogP contribution in [0.25, 0.3) is 0 Å². The molecule has 0 spiro atoms. The summed E-state index contributed by atoms with van der Waals surface area (Å²) in [5.41, 5.74) is 1.22. The SMILES string of the molecule is N#Cc1cc(Cl)ccc1C(O)C(O)CNC(=O)OCc1ccccc1. The smallest absolute Gasteiger partial charge is 0.407 e. The number of hydrogen-bond donors (Lipinski definition) is 3. The summed E-state index contributed by atoms with van der Waals surface area (Å²) >= 11 is 5.80. The molecule has 0 bridgehead atoms. The number of carbonyl (C=O) groups excluding carboxylic acids is 1. The minimum absolute atomic E-state index is 0.0983. The second kappa shape index (κ2) is 9.04. The number of carbonyl (C=O) groups is 1. The largest absolute Gasteiger partial charge is 0.445 e. The summed E-state index contributed by atoms with van der Waals surface area (Å²) in [5.74, 6) is 0. The van der Waals surface area contributed by atoms with Gasteiger partial charge in [0.05, 0.1) is 11.6 Å². The Morgan fingerprint density at radius 2 is 1.96 bits per heavy atom. The van der Waals surface area contributed by atoms with Gasteiger partial charge >= 0.3 is 6.09 Å². The lowest BCUT2D eigenvalue weighted by Gasteiger charge is -2.19. The minimum Gasteiger partial charge on any atom is -0.445 e. The van der Waals surface area contributed by atoms with E-state index in [1.807, 2.05) is 36.4 Å². The van der Waals surface area contributed by atoms with Crippen LogP contribution in [0.3, 0.4) is 0 Å². The quantitative estimate of drug-likeness (QED) is 0.734. The average Bonchev–Trinajstić information content (AvgIpc) is 2.64. The van der Waals surface area contributed by atoms with Crippen LogP contribution in [0.4, 0.5) is 4.79 Å². The summed E-state index contributed by atoms with van der Waals surface area (Å²) in [6.07, 6.45) is -3.37. The number of benzene rings is 2. The molecule has 2 rings (SSSR count). The number of rotatable bonds is 6. The monoisotopic (exact) mass is 360 g/mol. The number of hydrogen-bond acceptors (Lipinski definition) is 5. The van der Waals surface area contributed by atoms with Gasteiger partial charge in [-0.2, -0.15) is 5.26 Å². The Labute approximate surface area is 150 Å². The highest BCUT2D eigenvalue weighted by Gasteiger charge is 2.22. The second-order valence-corrected chi connectivity index (χ2v) is 5.73. The highest BCUT2D eigenvalue weighted by molar-refractivity contribution is 6.30. The molecular formula is C18H17ClN2O4. The molecule has 0 fully saturated rings. The van der Waals surface area contributed by atoms with E-state index in [4.69, 9.17) is 21.6 Å². The number of alkyl carbamates (subject to hydrolysis) is 1. The molecule has 0 heterocycles. The van der Waals surface area contributed by atoms with E-state index in [1.165, 1.54) is 18.2 Å². The molecule has 0 aliphatic rings. The summed E-state index contributed by atoms with van der Waals surface area (Å²) < 4.78 is 5.01. The molecule has 25 heavy (non-hydrogen) atoms. The molecule has 130 valence electrons. The Bertz CT molecular complexity index is 761. The van der Waals surface area contributed by atoms with Gasteiger partial charge in [0, 0.05) is 17.1 Å². The van der Waals surface area contributed by atoms with Crippen LogP contribution in [-0.4, -0.2) is 29.0 Å². The lowest BCUT2D eigenvalue weighted by molar-refractivity contribution is 0.0182. The number of nitrogens with one attached hydrogen (secondary N) is 1. The number of aliphatic hydroxyl groups is 2. The van der Waals surface area contributed by atoms with E-state index in [0.717, 1.165) is 5.56 Å². The molecule has 6 nitrogen and oxygen atoms in total. The van der Waals surface area contributed by atoms with Gasteiger partial charge in [-0.15, -0.1) is 0 Å². The van der Waals surface area contributed by atoms with Crippen molar-refractivity contribution in [3.05, 3.63) is 70.2 Å². The van der Waals surface area contributed by atoms with E-state index < -0.39 is 18.3 Å². The molecule has 2 aromatic rings. The number of nitrogens with zero attached hydrogens (tertiary/aromatic N) is 1. The molecular weight excluding hydrogens is 344 g/mol. The molecule has 0 aliphatic carbocycles. The molecule has 2 aromatic carbocycles. The summed E-state index contributed by atoms with van der Waals surface area (Å²) in [5, 5.41) is 32.0. The van der Waals surface area contributed by atoms with Gasteiger partial charge < -0.3 is 20.3 Å².